The molecule has 0 aliphatic heterocycles. The van der Waals surface area contributed by atoms with Crippen molar-refractivity contribution in [2.45, 2.75) is 44.9 Å². The van der Waals surface area contributed by atoms with Gasteiger partial charge < -0.3 is 10.6 Å². The summed E-state index contributed by atoms with van der Waals surface area (Å²) in [7, 11) is 0. The lowest BCUT2D eigenvalue weighted by Crippen LogP contribution is -2.57. The van der Waals surface area contributed by atoms with E-state index in [1.807, 2.05) is 18.2 Å². The van der Waals surface area contributed by atoms with Gasteiger partial charge in [0, 0.05) is 0 Å². The van der Waals surface area contributed by atoms with Crippen molar-refractivity contribution < 1.29 is 20.2 Å². The molecule has 4 N–H and O–H groups in total. The third-order valence-electron chi connectivity index (χ3n) is 5.43. The van der Waals surface area contributed by atoms with Crippen molar-refractivity contribution in [1.82, 2.24) is 5.48 Å². The molecule has 0 radical (unpaired) electrons. The zero-order valence-electron chi connectivity index (χ0n) is 16.3. The predicted molar refractivity (Wildman–Crippen MR) is 107 cm³/mol. The molecule has 3 rings (SSSR count). The number of hydroxylamine groups is 1. The Morgan fingerprint density at radius 2 is 1.46 bits per heavy atom. The average Bonchev–Trinajstić information content (AvgIpc) is 3.53. The molecule has 0 saturated heterocycles. The number of carbonyl (C=O) groups is 2. The van der Waals surface area contributed by atoms with Crippen molar-refractivity contribution >= 4 is 11.9 Å². The first-order valence-corrected chi connectivity index (χ1v) is 10.0. The monoisotopic (exact) mass is 381 g/mol. The van der Waals surface area contributed by atoms with Crippen molar-refractivity contribution in [2.24, 2.45) is 5.41 Å². The van der Waals surface area contributed by atoms with Crippen molar-refractivity contribution in [1.29, 1.82) is 0 Å². The smallest absolute Gasteiger partial charge is 0.343 e. The minimum Gasteiger partial charge on any atom is -0.357 e. The van der Waals surface area contributed by atoms with Gasteiger partial charge >= 0.3 is 5.97 Å². The van der Waals surface area contributed by atoms with Crippen LogP contribution in [0.2, 0.25) is 0 Å². The van der Waals surface area contributed by atoms with Gasteiger partial charge in [-0.1, -0.05) is 54.6 Å². The summed E-state index contributed by atoms with van der Waals surface area (Å²) in [5.74, 6) is -0.689. The molecule has 1 saturated carbocycles. The molecule has 0 atom stereocenters. The van der Waals surface area contributed by atoms with Gasteiger partial charge in [-0.15, -0.1) is 0 Å². The van der Waals surface area contributed by atoms with Gasteiger partial charge in [-0.05, 0) is 55.2 Å². The number of hydrogen-bond acceptors (Lipinski definition) is 3. The van der Waals surface area contributed by atoms with Crippen LogP contribution < -0.4 is 11.2 Å². The number of unbranched alkanes of at least 4 members (excludes halogenated alkanes) is 1. The van der Waals surface area contributed by atoms with Crippen molar-refractivity contribution in [3.05, 3.63) is 71.3 Å². The summed E-state index contributed by atoms with van der Waals surface area (Å²) < 4.78 is 0. The van der Waals surface area contributed by atoms with Gasteiger partial charge in [0.05, 0.1) is 13.0 Å². The van der Waals surface area contributed by atoms with E-state index < -0.39 is 5.41 Å². The Morgan fingerprint density at radius 3 is 2.04 bits per heavy atom. The van der Waals surface area contributed by atoms with E-state index in [9.17, 15) is 9.59 Å². The number of amides is 1. The van der Waals surface area contributed by atoms with Crippen LogP contribution in [0.4, 0.5) is 0 Å². The molecule has 0 aromatic heterocycles. The van der Waals surface area contributed by atoms with Gasteiger partial charge in [-0.3, -0.25) is 4.79 Å². The lowest BCUT2D eigenvalue weighted by atomic mass is 10.0. The number of aryl methyl sites for hydroxylation is 2. The van der Waals surface area contributed by atoms with Gasteiger partial charge in [-0.25, -0.2) is 4.79 Å². The molecule has 1 fully saturated rings. The molecule has 2 aromatic carbocycles. The molecule has 0 unspecified atom stereocenters. The minimum absolute atomic E-state index is 0.193. The highest BCUT2D eigenvalue weighted by Gasteiger charge is 2.53. The summed E-state index contributed by atoms with van der Waals surface area (Å²) in [6, 6.07) is 18.6. The zero-order valence-corrected chi connectivity index (χ0v) is 16.3. The molecule has 5 heteroatoms. The third-order valence-corrected chi connectivity index (χ3v) is 5.43. The fourth-order valence-corrected chi connectivity index (χ4v) is 3.27. The Morgan fingerprint density at radius 1 is 0.893 bits per heavy atom. The lowest BCUT2D eigenvalue weighted by molar-refractivity contribution is -0.380. The fourth-order valence-electron chi connectivity index (χ4n) is 3.27. The molecule has 148 valence electrons. The van der Waals surface area contributed by atoms with E-state index in [4.69, 9.17) is 4.84 Å². The Balaban J connectivity index is 1.35. The fraction of sp³-hybridized carbons (Fsp3) is 0.391. The average molecular weight is 381 g/mol. The molecule has 1 aliphatic rings. The number of hydrogen-bond donors (Lipinski definition) is 2. The van der Waals surface area contributed by atoms with Gasteiger partial charge in [-0.2, -0.15) is 5.48 Å². The molecule has 28 heavy (non-hydrogen) atoms. The lowest BCUT2D eigenvalue weighted by Gasteiger charge is -2.10. The second-order valence-corrected chi connectivity index (χ2v) is 7.63. The van der Waals surface area contributed by atoms with E-state index in [2.05, 4.69) is 47.6 Å². The molecule has 1 amide bonds. The first-order chi connectivity index (χ1) is 13.6. The van der Waals surface area contributed by atoms with Crippen LogP contribution in [0.15, 0.2) is 54.6 Å². The topological polar surface area (TPSA) is 83.0 Å². The third kappa shape index (κ3) is 5.67. The Hall–Kier alpha value is -2.66. The van der Waals surface area contributed by atoms with Crippen molar-refractivity contribution in [3.63, 3.8) is 0 Å². The Kier molecular flexibility index (Phi) is 6.82. The highest BCUT2D eigenvalue weighted by molar-refractivity contribution is 5.83. The van der Waals surface area contributed by atoms with Crippen LogP contribution in [-0.4, -0.2) is 18.4 Å². The zero-order chi connectivity index (χ0) is 19.8. The Labute approximate surface area is 166 Å². The summed E-state index contributed by atoms with van der Waals surface area (Å²) in [4.78, 5) is 28.8. The van der Waals surface area contributed by atoms with Gasteiger partial charge in [0.2, 0.25) is 0 Å². The maximum Gasteiger partial charge on any atom is 0.343 e. The van der Waals surface area contributed by atoms with E-state index in [0.717, 1.165) is 44.1 Å². The summed E-state index contributed by atoms with van der Waals surface area (Å²) >= 11 is 0. The quantitative estimate of drug-likeness (QED) is 0.517. The van der Waals surface area contributed by atoms with Gasteiger partial charge in [0.25, 0.3) is 5.91 Å². The minimum atomic E-state index is -0.463. The van der Waals surface area contributed by atoms with Crippen LogP contribution >= 0.6 is 0 Å². The van der Waals surface area contributed by atoms with Crippen molar-refractivity contribution in [3.8, 4) is 0 Å². The van der Waals surface area contributed by atoms with Gasteiger partial charge in [0.1, 0.15) is 5.41 Å². The maximum atomic E-state index is 12.0. The molecule has 2 aromatic rings. The number of nitrogens with one attached hydrogen (secondary N) is 1. The Bertz CT molecular complexity index is 783. The second-order valence-electron chi connectivity index (χ2n) is 7.63. The summed E-state index contributed by atoms with van der Waals surface area (Å²) in [5.41, 5.74) is 9.13. The summed E-state index contributed by atoms with van der Waals surface area (Å²) in [6.45, 7) is 0.508. The number of carbonyl (C=O) groups excluding carboxylic acids is 2. The predicted octanol–water partition coefficient (Wildman–Crippen LogP) is 2.39. The SMILES string of the molecule is [NH3+]CC1(C(=O)ONC(=O)Cc2ccc(CCCCc3ccccc3)cc2)CC1. The summed E-state index contributed by atoms with van der Waals surface area (Å²) in [6.07, 6.45) is 6.21. The van der Waals surface area contributed by atoms with Crippen LogP contribution in [0, 0.1) is 5.41 Å². The molecular formula is C23H29N2O3+. The van der Waals surface area contributed by atoms with Crippen molar-refractivity contribution in [2.75, 3.05) is 6.54 Å². The molecular weight excluding hydrogens is 352 g/mol. The molecule has 0 spiro atoms. The molecule has 0 heterocycles. The van der Waals surface area contributed by atoms with Crippen LogP contribution in [-0.2, 0) is 33.7 Å². The number of benzene rings is 2. The van der Waals surface area contributed by atoms with Crippen LogP contribution in [0.25, 0.3) is 0 Å². The summed E-state index contributed by atoms with van der Waals surface area (Å²) in [5, 5.41) is 0. The van der Waals surface area contributed by atoms with E-state index in [1.54, 1.807) is 0 Å². The van der Waals surface area contributed by atoms with Gasteiger partial charge in [0.15, 0.2) is 0 Å². The molecule has 0 bridgehead atoms. The molecule has 1 aliphatic carbocycles. The normalized spacial score (nSPS) is 14.3. The van der Waals surface area contributed by atoms with E-state index in [1.165, 1.54) is 11.1 Å². The highest BCUT2D eigenvalue weighted by Crippen LogP contribution is 2.44. The number of quaternary nitrogens is 1. The maximum absolute atomic E-state index is 12.0. The molecule has 5 nitrogen and oxygen atoms in total. The highest BCUT2D eigenvalue weighted by atomic mass is 16.7. The van der Waals surface area contributed by atoms with E-state index in [-0.39, 0.29) is 18.3 Å². The number of rotatable bonds is 9. The van der Waals surface area contributed by atoms with E-state index >= 15 is 0 Å². The van der Waals surface area contributed by atoms with Crippen LogP contribution in [0.5, 0.6) is 0 Å². The van der Waals surface area contributed by atoms with Crippen LogP contribution in [0.3, 0.4) is 0 Å². The largest absolute Gasteiger partial charge is 0.357 e. The van der Waals surface area contributed by atoms with E-state index in [0.29, 0.717) is 6.54 Å². The first kappa shape index (κ1) is 20.1. The van der Waals surface area contributed by atoms with Crippen LogP contribution in [0.1, 0.15) is 42.4 Å². The second kappa shape index (κ2) is 9.51. The first-order valence-electron chi connectivity index (χ1n) is 10.0. The standard InChI is InChI=1S/C23H28N2O3/c24-17-23(14-15-23)22(27)28-25-21(26)16-20-12-10-19(11-13-20)9-5-4-8-18-6-2-1-3-7-18/h1-3,6-7,10-13H,4-5,8-9,14-17,24H2,(H,25,26)/p+1.